The number of halogens is 2. The molecule has 1 aliphatic carbocycles. The van der Waals surface area contributed by atoms with Gasteiger partial charge < -0.3 is 10.2 Å². The first-order chi connectivity index (χ1) is 20.5. The third-order valence-corrected chi connectivity index (χ3v) is 9.77. The van der Waals surface area contributed by atoms with Crippen molar-refractivity contribution in [3.8, 4) is 0 Å². The molecule has 7 nitrogen and oxygen atoms in total. The number of rotatable bonds is 13. The SMILES string of the molecule is Cc1ccc(Cl)cc1N(CCCC(=O)N(Cc1ccc(Br)cc1)C(Cc1ccccc1)C(=O)NC1CCCC1)S(C)(=O)=O. The molecule has 0 radical (unpaired) electrons. The van der Waals surface area contributed by atoms with Crippen molar-refractivity contribution < 1.29 is 18.0 Å². The first kappa shape index (κ1) is 33.0. The second-order valence-corrected chi connectivity index (χ2v) is 14.5. The molecule has 1 fully saturated rings. The summed E-state index contributed by atoms with van der Waals surface area (Å²) in [5.41, 5.74) is 3.12. The molecule has 0 bridgehead atoms. The molecule has 0 aromatic heterocycles. The first-order valence-electron chi connectivity index (χ1n) is 14.6. The summed E-state index contributed by atoms with van der Waals surface area (Å²) in [7, 11) is -3.63. The molecule has 1 unspecified atom stereocenters. The number of carbonyl (C=O) groups excluding carboxylic acids is 2. The van der Waals surface area contributed by atoms with Gasteiger partial charge in [-0.1, -0.05) is 88.9 Å². The molecular formula is C33H39BrClN3O4S. The Morgan fingerprint density at radius 1 is 1.00 bits per heavy atom. The van der Waals surface area contributed by atoms with E-state index >= 15 is 0 Å². The Hall–Kier alpha value is -2.88. The number of carbonyl (C=O) groups is 2. The van der Waals surface area contributed by atoms with Gasteiger partial charge in [0.2, 0.25) is 21.8 Å². The van der Waals surface area contributed by atoms with Gasteiger partial charge in [0.05, 0.1) is 11.9 Å². The summed E-state index contributed by atoms with van der Waals surface area (Å²) in [6, 6.07) is 21.9. The van der Waals surface area contributed by atoms with Crippen LogP contribution >= 0.6 is 27.5 Å². The Morgan fingerprint density at radius 3 is 2.33 bits per heavy atom. The summed E-state index contributed by atoms with van der Waals surface area (Å²) >= 11 is 9.66. The van der Waals surface area contributed by atoms with Gasteiger partial charge in [0.25, 0.3) is 0 Å². The normalized spacial score (nSPS) is 14.3. The zero-order chi connectivity index (χ0) is 31.0. The first-order valence-corrected chi connectivity index (χ1v) is 17.7. The molecule has 2 amide bonds. The highest BCUT2D eigenvalue weighted by Gasteiger charge is 2.32. The average molecular weight is 689 g/mol. The molecule has 1 aliphatic rings. The zero-order valence-corrected chi connectivity index (χ0v) is 27.8. The van der Waals surface area contributed by atoms with E-state index in [-0.39, 0.29) is 43.8 Å². The van der Waals surface area contributed by atoms with Crippen LogP contribution in [0.4, 0.5) is 5.69 Å². The van der Waals surface area contributed by atoms with Crippen molar-refractivity contribution in [3.63, 3.8) is 0 Å². The van der Waals surface area contributed by atoms with Gasteiger partial charge in [-0.15, -0.1) is 0 Å². The minimum absolute atomic E-state index is 0.0736. The molecule has 230 valence electrons. The number of nitrogens with zero attached hydrogens (tertiary/aromatic N) is 2. The van der Waals surface area contributed by atoms with Crippen LogP contribution in [0.3, 0.4) is 0 Å². The Kier molecular flexibility index (Phi) is 11.7. The molecule has 1 N–H and O–H groups in total. The Balaban J connectivity index is 1.59. The van der Waals surface area contributed by atoms with Crippen LogP contribution in [0.5, 0.6) is 0 Å². The Bertz CT molecular complexity index is 1500. The monoisotopic (exact) mass is 687 g/mol. The van der Waals surface area contributed by atoms with Crippen molar-refractivity contribution in [1.82, 2.24) is 10.2 Å². The van der Waals surface area contributed by atoms with E-state index in [4.69, 9.17) is 11.6 Å². The van der Waals surface area contributed by atoms with Crippen LogP contribution in [0.15, 0.2) is 77.3 Å². The summed E-state index contributed by atoms with van der Waals surface area (Å²) in [5.74, 6) is -0.366. The van der Waals surface area contributed by atoms with E-state index in [1.807, 2.05) is 61.5 Å². The fourth-order valence-corrected chi connectivity index (χ4v) is 6.99. The van der Waals surface area contributed by atoms with E-state index in [1.54, 1.807) is 23.1 Å². The van der Waals surface area contributed by atoms with Crippen LogP contribution in [-0.4, -0.2) is 50.0 Å². The largest absolute Gasteiger partial charge is 0.352 e. The molecule has 0 spiro atoms. The summed E-state index contributed by atoms with van der Waals surface area (Å²) in [4.78, 5) is 29.5. The number of hydrogen-bond acceptors (Lipinski definition) is 4. The second-order valence-electron chi connectivity index (χ2n) is 11.2. The van der Waals surface area contributed by atoms with E-state index in [2.05, 4.69) is 21.2 Å². The van der Waals surface area contributed by atoms with E-state index in [0.29, 0.717) is 17.1 Å². The lowest BCUT2D eigenvalue weighted by Crippen LogP contribution is -2.52. The van der Waals surface area contributed by atoms with Crippen LogP contribution in [0.25, 0.3) is 0 Å². The van der Waals surface area contributed by atoms with Gasteiger partial charge in [-0.2, -0.15) is 0 Å². The van der Waals surface area contributed by atoms with Crippen LogP contribution < -0.4 is 9.62 Å². The average Bonchev–Trinajstić information content (AvgIpc) is 3.48. The third kappa shape index (κ3) is 9.55. The van der Waals surface area contributed by atoms with E-state index in [9.17, 15) is 18.0 Å². The number of anilines is 1. The highest BCUT2D eigenvalue weighted by Crippen LogP contribution is 2.27. The molecule has 10 heteroatoms. The maximum absolute atomic E-state index is 14.0. The highest BCUT2D eigenvalue weighted by molar-refractivity contribution is 9.10. The van der Waals surface area contributed by atoms with Crippen molar-refractivity contribution in [2.24, 2.45) is 0 Å². The molecule has 1 saturated carbocycles. The van der Waals surface area contributed by atoms with Gasteiger partial charge in [-0.3, -0.25) is 13.9 Å². The number of hydrogen-bond donors (Lipinski definition) is 1. The molecule has 0 saturated heterocycles. The van der Waals surface area contributed by atoms with Crippen LogP contribution in [0, 0.1) is 6.92 Å². The molecule has 3 aromatic rings. The summed E-state index contributed by atoms with van der Waals surface area (Å²) in [5, 5.41) is 3.65. The topological polar surface area (TPSA) is 86.8 Å². The highest BCUT2D eigenvalue weighted by atomic mass is 79.9. The van der Waals surface area contributed by atoms with E-state index < -0.39 is 16.1 Å². The number of amides is 2. The van der Waals surface area contributed by atoms with Crippen molar-refractivity contribution >= 4 is 55.1 Å². The number of nitrogens with one attached hydrogen (secondary N) is 1. The smallest absolute Gasteiger partial charge is 0.243 e. The van der Waals surface area contributed by atoms with Crippen LogP contribution in [0.2, 0.25) is 5.02 Å². The molecule has 43 heavy (non-hydrogen) atoms. The summed E-state index contributed by atoms with van der Waals surface area (Å²) in [6.07, 6.45) is 5.92. The van der Waals surface area contributed by atoms with Gasteiger partial charge in [-0.05, 0) is 67.1 Å². The van der Waals surface area contributed by atoms with Gasteiger partial charge in [0, 0.05) is 41.5 Å². The Morgan fingerprint density at radius 2 is 1.67 bits per heavy atom. The maximum Gasteiger partial charge on any atom is 0.243 e. The zero-order valence-electron chi connectivity index (χ0n) is 24.6. The van der Waals surface area contributed by atoms with Crippen molar-refractivity contribution in [2.75, 3.05) is 17.1 Å². The second kappa shape index (κ2) is 15.2. The van der Waals surface area contributed by atoms with Gasteiger partial charge in [0.1, 0.15) is 6.04 Å². The third-order valence-electron chi connectivity index (χ3n) is 7.83. The minimum Gasteiger partial charge on any atom is -0.352 e. The maximum atomic E-state index is 14.0. The van der Waals surface area contributed by atoms with Gasteiger partial charge in [0.15, 0.2) is 0 Å². The summed E-state index contributed by atoms with van der Waals surface area (Å²) < 4.78 is 27.8. The van der Waals surface area contributed by atoms with E-state index in [1.165, 1.54) is 4.31 Å². The predicted octanol–water partition coefficient (Wildman–Crippen LogP) is 6.66. The quantitative estimate of drug-likeness (QED) is 0.218. The fourth-order valence-electron chi connectivity index (χ4n) is 5.54. The predicted molar refractivity (Wildman–Crippen MR) is 177 cm³/mol. The lowest BCUT2D eigenvalue weighted by atomic mass is 10.0. The number of aryl methyl sites for hydroxylation is 1. The number of benzene rings is 3. The molecule has 1 atom stereocenters. The minimum atomic E-state index is -3.63. The molecule has 0 heterocycles. The number of sulfonamides is 1. The van der Waals surface area contributed by atoms with Crippen LogP contribution in [0.1, 0.15) is 55.2 Å². The molecular weight excluding hydrogens is 650 g/mol. The van der Waals surface area contributed by atoms with Crippen molar-refractivity contribution in [3.05, 3.63) is 99.0 Å². The lowest BCUT2D eigenvalue weighted by molar-refractivity contribution is -0.141. The van der Waals surface area contributed by atoms with Crippen molar-refractivity contribution in [1.29, 1.82) is 0 Å². The fraction of sp³-hybridized carbons (Fsp3) is 0.394. The summed E-state index contributed by atoms with van der Waals surface area (Å²) in [6.45, 7) is 2.19. The molecule has 0 aliphatic heterocycles. The van der Waals surface area contributed by atoms with Crippen molar-refractivity contribution in [2.45, 2.75) is 70.5 Å². The molecule has 4 rings (SSSR count). The lowest BCUT2D eigenvalue weighted by Gasteiger charge is -2.33. The Labute approximate surface area is 268 Å². The standard InChI is InChI=1S/C33H39BrClN3O4S/c1-24-14-19-28(35)22-30(24)38(43(2,41)42)20-8-13-32(39)37(23-26-15-17-27(34)18-16-26)31(21-25-9-4-3-5-10-25)33(40)36-29-11-6-7-12-29/h3-5,9-10,14-19,22,29,31H,6-8,11-13,20-21,23H2,1-2H3,(H,36,40). The van der Waals surface area contributed by atoms with Gasteiger partial charge >= 0.3 is 0 Å². The molecule has 3 aromatic carbocycles. The van der Waals surface area contributed by atoms with Crippen LogP contribution in [-0.2, 0) is 32.6 Å². The van der Waals surface area contributed by atoms with Gasteiger partial charge in [-0.25, -0.2) is 8.42 Å². The van der Waals surface area contributed by atoms with E-state index in [0.717, 1.165) is 53.1 Å².